The molecular weight excluding hydrogens is 421 g/mol. The molecule has 0 aliphatic rings. The number of anilines is 1. The van der Waals surface area contributed by atoms with Crippen LogP contribution < -0.4 is 10.0 Å². The molecule has 7 nitrogen and oxygen atoms in total. The van der Waals surface area contributed by atoms with Crippen LogP contribution in [-0.2, 0) is 17.1 Å². The highest BCUT2D eigenvalue weighted by molar-refractivity contribution is 7.89. The predicted octanol–water partition coefficient (Wildman–Crippen LogP) is 3.10. The van der Waals surface area contributed by atoms with Crippen LogP contribution in [0.1, 0.15) is 30.0 Å². The van der Waals surface area contributed by atoms with Gasteiger partial charge in [0.2, 0.25) is 16.0 Å². The van der Waals surface area contributed by atoms with Gasteiger partial charge in [0.15, 0.2) is 0 Å². The van der Waals surface area contributed by atoms with Gasteiger partial charge in [-0.15, -0.1) is 0 Å². The summed E-state index contributed by atoms with van der Waals surface area (Å²) in [4.78, 5) is 15.5. The minimum atomic E-state index is -4.43. The fourth-order valence-corrected chi connectivity index (χ4v) is 4.31. The molecule has 0 radical (unpaired) electrons. The summed E-state index contributed by atoms with van der Waals surface area (Å²) in [6.07, 6.45) is 1.03. The zero-order valence-electron chi connectivity index (χ0n) is 15.3. The van der Waals surface area contributed by atoms with Gasteiger partial charge in [-0.2, -0.15) is 4.39 Å². The summed E-state index contributed by atoms with van der Waals surface area (Å²) in [5, 5.41) is 1.94. The average molecular weight is 439 g/mol. The average Bonchev–Trinajstić information content (AvgIpc) is 2.80. The van der Waals surface area contributed by atoms with Gasteiger partial charge in [-0.3, -0.25) is 4.79 Å². The van der Waals surface area contributed by atoms with Crippen molar-refractivity contribution in [1.29, 1.82) is 0 Å². The van der Waals surface area contributed by atoms with Gasteiger partial charge in [0, 0.05) is 37.6 Å². The molecule has 1 atom stereocenters. The molecule has 2 aromatic heterocycles. The Labute approximate surface area is 165 Å². The number of carbonyl (C=O) groups excluding carboxylic acids is 1. The number of nitrogens with one attached hydrogen (secondary N) is 2. The van der Waals surface area contributed by atoms with Crippen molar-refractivity contribution in [2.24, 2.45) is 7.05 Å². The van der Waals surface area contributed by atoms with Gasteiger partial charge >= 0.3 is 0 Å². The van der Waals surface area contributed by atoms with Crippen LogP contribution in [0.25, 0.3) is 0 Å². The van der Waals surface area contributed by atoms with E-state index in [1.807, 2.05) is 4.72 Å². The maximum Gasteiger partial charge on any atom is 0.273 e. The van der Waals surface area contributed by atoms with Crippen molar-refractivity contribution >= 4 is 33.2 Å². The Morgan fingerprint density at radius 2 is 1.96 bits per heavy atom. The fraction of sp³-hybridized carbons (Fsp3) is 0.375. The first-order valence-electron chi connectivity index (χ1n) is 7.93. The maximum absolute atomic E-state index is 13.4. The number of amides is 1. The van der Waals surface area contributed by atoms with Crippen LogP contribution in [0, 0.1) is 12.9 Å². The molecular formula is C16H18ClF3N4O3S. The van der Waals surface area contributed by atoms with E-state index in [0.29, 0.717) is 12.6 Å². The molecule has 0 bridgehead atoms. The molecule has 2 N–H and O–H groups in total. The van der Waals surface area contributed by atoms with Crippen LogP contribution in [0.15, 0.2) is 23.2 Å². The van der Waals surface area contributed by atoms with Crippen molar-refractivity contribution in [1.82, 2.24) is 14.3 Å². The van der Waals surface area contributed by atoms with Crippen LogP contribution in [0.3, 0.4) is 0 Å². The van der Waals surface area contributed by atoms with Gasteiger partial charge in [-0.05, 0) is 19.9 Å². The monoisotopic (exact) mass is 438 g/mol. The van der Waals surface area contributed by atoms with Crippen molar-refractivity contribution in [3.05, 3.63) is 40.7 Å². The van der Waals surface area contributed by atoms with Gasteiger partial charge in [-0.25, -0.2) is 26.9 Å². The summed E-state index contributed by atoms with van der Waals surface area (Å²) in [5.41, 5.74) is 0.164. The second kappa shape index (κ2) is 7.72. The quantitative estimate of drug-likeness (QED) is 0.678. The lowest BCUT2D eigenvalue weighted by molar-refractivity contribution is -0.00488. The molecule has 0 saturated heterocycles. The van der Waals surface area contributed by atoms with Gasteiger partial charge in [0.05, 0.1) is 11.1 Å². The summed E-state index contributed by atoms with van der Waals surface area (Å²) < 4.78 is 67.8. The highest BCUT2D eigenvalue weighted by atomic mass is 35.5. The Balaban J connectivity index is 2.36. The normalized spacial score (nSPS) is 13.4. The standard InChI is InChI=1S/C16H18ClF3N4O3S/c1-8-5-10(6-12(18)21-8)22-15(25)14-13(17)11(7-24(14)4)28(26,27)23-9(2)16(3,19)20/h5-7,9,23H,1-4H3,(H,21,22,25)/t9-/m1/s1. The zero-order chi connectivity index (χ0) is 21.4. The van der Waals surface area contributed by atoms with E-state index in [1.165, 1.54) is 20.0 Å². The molecule has 1 amide bonds. The minimum Gasteiger partial charge on any atom is -0.344 e. The highest BCUT2D eigenvalue weighted by Crippen LogP contribution is 2.29. The summed E-state index contributed by atoms with van der Waals surface area (Å²) in [6.45, 7) is 3.10. The number of sulfonamides is 1. The molecule has 12 heteroatoms. The number of halogens is 4. The number of rotatable bonds is 6. The number of pyridine rings is 1. The van der Waals surface area contributed by atoms with Crippen molar-refractivity contribution in [2.45, 2.75) is 37.6 Å². The number of alkyl halides is 2. The number of nitrogens with zero attached hydrogens (tertiary/aromatic N) is 2. The highest BCUT2D eigenvalue weighted by Gasteiger charge is 2.36. The topological polar surface area (TPSA) is 93.1 Å². The molecule has 0 spiro atoms. The van der Waals surface area contributed by atoms with E-state index in [0.717, 1.165) is 23.8 Å². The number of hydrogen-bond acceptors (Lipinski definition) is 4. The summed E-state index contributed by atoms with van der Waals surface area (Å²) in [7, 11) is -3.07. The van der Waals surface area contributed by atoms with Crippen LogP contribution in [-0.4, -0.2) is 35.8 Å². The van der Waals surface area contributed by atoms with E-state index in [-0.39, 0.29) is 11.4 Å². The zero-order valence-corrected chi connectivity index (χ0v) is 16.9. The van der Waals surface area contributed by atoms with Gasteiger partial charge in [0.1, 0.15) is 10.6 Å². The number of carbonyl (C=O) groups is 1. The maximum atomic E-state index is 13.4. The lowest BCUT2D eigenvalue weighted by Gasteiger charge is -2.20. The van der Waals surface area contributed by atoms with E-state index in [4.69, 9.17) is 11.6 Å². The molecule has 0 aliphatic heterocycles. The van der Waals surface area contributed by atoms with Crippen LogP contribution in [0.2, 0.25) is 5.02 Å². The first kappa shape index (κ1) is 22.2. The molecule has 0 fully saturated rings. The van der Waals surface area contributed by atoms with Gasteiger partial charge in [0.25, 0.3) is 11.8 Å². The summed E-state index contributed by atoms with van der Waals surface area (Å²) in [6, 6.07) is 0.683. The Hall–Kier alpha value is -2.11. The second-order valence-electron chi connectivity index (χ2n) is 6.34. The van der Waals surface area contributed by atoms with E-state index >= 15 is 0 Å². The Morgan fingerprint density at radius 3 is 2.50 bits per heavy atom. The number of aromatic nitrogens is 2. The molecule has 0 aromatic carbocycles. The fourth-order valence-electron chi connectivity index (χ4n) is 2.31. The summed E-state index contributed by atoms with van der Waals surface area (Å²) in [5.74, 6) is -4.93. The van der Waals surface area contributed by atoms with Crippen molar-refractivity contribution < 1.29 is 26.4 Å². The first-order valence-corrected chi connectivity index (χ1v) is 9.79. The summed E-state index contributed by atoms with van der Waals surface area (Å²) >= 11 is 6.06. The van der Waals surface area contributed by atoms with E-state index in [1.54, 1.807) is 0 Å². The first-order chi connectivity index (χ1) is 12.7. The molecule has 0 aliphatic carbocycles. The molecule has 2 heterocycles. The van der Waals surface area contributed by atoms with E-state index < -0.39 is 43.8 Å². The van der Waals surface area contributed by atoms with Gasteiger partial charge < -0.3 is 9.88 Å². The van der Waals surface area contributed by atoms with Crippen molar-refractivity contribution in [3.63, 3.8) is 0 Å². The molecule has 0 unspecified atom stereocenters. The van der Waals surface area contributed by atoms with Gasteiger partial charge in [-0.1, -0.05) is 11.6 Å². The molecule has 28 heavy (non-hydrogen) atoms. The van der Waals surface area contributed by atoms with Crippen LogP contribution >= 0.6 is 11.6 Å². The Morgan fingerprint density at radius 1 is 1.36 bits per heavy atom. The third kappa shape index (κ3) is 4.83. The smallest absolute Gasteiger partial charge is 0.273 e. The third-order valence-corrected chi connectivity index (χ3v) is 5.91. The predicted molar refractivity (Wildman–Crippen MR) is 97.7 cm³/mol. The number of aryl methyl sites for hydroxylation is 2. The third-order valence-electron chi connectivity index (χ3n) is 3.86. The van der Waals surface area contributed by atoms with Crippen LogP contribution in [0.5, 0.6) is 0 Å². The van der Waals surface area contributed by atoms with E-state index in [9.17, 15) is 26.4 Å². The van der Waals surface area contributed by atoms with Crippen molar-refractivity contribution in [2.75, 3.05) is 5.32 Å². The largest absolute Gasteiger partial charge is 0.344 e. The van der Waals surface area contributed by atoms with Crippen molar-refractivity contribution in [3.8, 4) is 0 Å². The van der Waals surface area contributed by atoms with Crippen LogP contribution in [0.4, 0.5) is 18.9 Å². The SMILES string of the molecule is Cc1cc(NC(=O)c2c(Cl)c(S(=O)(=O)N[C@H](C)C(C)(F)F)cn2C)cc(F)n1. The molecule has 154 valence electrons. The molecule has 0 saturated carbocycles. The Bertz CT molecular complexity index is 999. The lowest BCUT2D eigenvalue weighted by atomic mass is 10.2. The van der Waals surface area contributed by atoms with E-state index in [2.05, 4.69) is 10.3 Å². The minimum absolute atomic E-state index is 0.0917. The molecule has 2 rings (SSSR count). The Kier molecular flexibility index (Phi) is 6.12. The molecule has 2 aromatic rings. The lowest BCUT2D eigenvalue weighted by Crippen LogP contribution is -2.43. The second-order valence-corrected chi connectivity index (χ2v) is 8.40. The number of hydrogen-bond donors (Lipinski definition) is 2.